The molecule has 0 saturated carbocycles. The van der Waals surface area contributed by atoms with E-state index in [-0.39, 0.29) is 11.1 Å². The summed E-state index contributed by atoms with van der Waals surface area (Å²) in [6, 6.07) is 16.6. The molecule has 154 valence electrons. The maximum Gasteiger partial charge on any atom is 0.132 e. The monoisotopic (exact) mass is 450 g/mol. The number of nitrogens with zero attached hydrogens (tertiary/aromatic N) is 4. The highest BCUT2D eigenvalue weighted by molar-refractivity contribution is 7.23. The van der Waals surface area contributed by atoms with Crippen molar-refractivity contribution in [3.05, 3.63) is 68.5 Å². The zero-order valence-corrected chi connectivity index (χ0v) is 18.9. The van der Waals surface area contributed by atoms with Crippen LogP contribution in [0.25, 0.3) is 20.9 Å². The van der Waals surface area contributed by atoms with Crippen LogP contribution in [0.4, 0.5) is 0 Å². The van der Waals surface area contributed by atoms with E-state index in [1.807, 2.05) is 36.4 Å². The molecule has 6 heteroatoms. The molecule has 2 aromatic heterocycles. The van der Waals surface area contributed by atoms with Crippen molar-refractivity contribution in [2.45, 2.75) is 38.5 Å². The Bertz CT molecular complexity index is 1230. The molecule has 0 amide bonds. The molecule has 0 atom stereocenters. The fourth-order valence-corrected chi connectivity index (χ4v) is 6.24. The zero-order valence-electron chi connectivity index (χ0n) is 17.3. The Morgan fingerprint density at radius 2 is 0.938 bits per heavy atom. The molecule has 2 aliphatic carbocycles. The standard InChI is InChI=1S/C26H18N4S2/c27-13-21(14-28)17-3-1-5-19(11-17)23-7-9-25(31-23)26-10-8-24(32-26)20-6-2-4-18(12-20)22(15-29)16-30/h7-12H,1-6H2. The summed E-state index contributed by atoms with van der Waals surface area (Å²) in [5, 5.41) is 36.7. The summed E-state index contributed by atoms with van der Waals surface area (Å²) in [4.78, 5) is 4.74. The largest absolute Gasteiger partial charge is 0.192 e. The highest BCUT2D eigenvalue weighted by Gasteiger charge is 2.17. The Kier molecular flexibility index (Phi) is 6.49. The van der Waals surface area contributed by atoms with E-state index in [4.69, 9.17) is 0 Å². The molecule has 0 aliphatic heterocycles. The van der Waals surface area contributed by atoms with E-state index in [2.05, 4.69) is 24.3 Å². The van der Waals surface area contributed by atoms with Crippen molar-refractivity contribution in [2.24, 2.45) is 0 Å². The first kappa shape index (κ1) is 21.5. The highest BCUT2D eigenvalue weighted by atomic mass is 32.1. The Hall–Kier alpha value is -3.68. The van der Waals surface area contributed by atoms with Crippen LogP contribution in [0.5, 0.6) is 0 Å². The van der Waals surface area contributed by atoms with Crippen LogP contribution >= 0.6 is 22.7 Å². The molecule has 4 rings (SSSR count). The van der Waals surface area contributed by atoms with E-state index in [9.17, 15) is 21.0 Å². The molecule has 2 aliphatic rings. The van der Waals surface area contributed by atoms with E-state index in [0.717, 1.165) is 49.7 Å². The molecule has 2 heterocycles. The molecule has 0 aromatic carbocycles. The van der Waals surface area contributed by atoms with Gasteiger partial charge < -0.3 is 0 Å². The van der Waals surface area contributed by atoms with Crippen LogP contribution in [-0.4, -0.2) is 0 Å². The average Bonchev–Trinajstić information content (AvgIpc) is 3.51. The summed E-state index contributed by atoms with van der Waals surface area (Å²) in [6.45, 7) is 0. The van der Waals surface area contributed by atoms with Gasteiger partial charge in [-0.25, -0.2) is 0 Å². The Morgan fingerprint density at radius 1 is 0.562 bits per heavy atom. The van der Waals surface area contributed by atoms with Gasteiger partial charge in [0.2, 0.25) is 0 Å². The van der Waals surface area contributed by atoms with Gasteiger partial charge in [0.1, 0.15) is 35.4 Å². The fraction of sp³-hybridized carbons (Fsp3) is 0.231. The quantitative estimate of drug-likeness (QED) is 0.458. The van der Waals surface area contributed by atoms with Gasteiger partial charge in [-0.2, -0.15) is 21.0 Å². The first-order valence-corrected chi connectivity index (χ1v) is 12.0. The SMILES string of the molecule is N#CC(C#N)=C1C=C(c2ccc(-c3ccc(C4=CC(=C(C#N)C#N)CCC4)s3)s2)CCC1. The predicted molar refractivity (Wildman–Crippen MR) is 128 cm³/mol. The lowest BCUT2D eigenvalue weighted by molar-refractivity contribution is 0.833. The number of thiophene rings is 2. The predicted octanol–water partition coefficient (Wildman–Crippen LogP) is 7.30. The summed E-state index contributed by atoms with van der Waals surface area (Å²) >= 11 is 3.47. The number of hydrogen-bond donors (Lipinski definition) is 0. The van der Waals surface area contributed by atoms with Crippen molar-refractivity contribution in [1.29, 1.82) is 21.0 Å². The average molecular weight is 451 g/mol. The number of allylic oxidation sites excluding steroid dienone is 8. The molecular weight excluding hydrogens is 432 g/mol. The molecule has 0 fully saturated rings. The first-order valence-electron chi connectivity index (χ1n) is 10.4. The molecule has 0 N–H and O–H groups in total. The molecule has 0 spiro atoms. The minimum atomic E-state index is 0.215. The van der Waals surface area contributed by atoms with Crippen molar-refractivity contribution in [3.8, 4) is 34.0 Å². The lowest BCUT2D eigenvalue weighted by Gasteiger charge is -2.14. The molecule has 0 saturated heterocycles. The Morgan fingerprint density at radius 3 is 1.31 bits per heavy atom. The molecule has 4 nitrogen and oxygen atoms in total. The van der Waals surface area contributed by atoms with E-state index in [1.165, 1.54) is 30.7 Å². The van der Waals surface area contributed by atoms with Gasteiger partial charge >= 0.3 is 0 Å². The number of nitriles is 4. The lowest BCUT2D eigenvalue weighted by atomic mass is 9.92. The lowest BCUT2D eigenvalue weighted by Crippen LogP contribution is -1.95. The van der Waals surface area contributed by atoms with E-state index in [1.54, 1.807) is 22.7 Å². The van der Waals surface area contributed by atoms with Gasteiger partial charge in [0.25, 0.3) is 0 Å². The first-order chi connectivity index (χ1) is 15.7. The van der Waals surface area contributed by atoms with Crippen LogP contribution in [0, 0.1) is 45.3 Å². The summed E-state index contributed by atoms with van der Waals surface area (Å²) in [7, 11) is 0. The van der Waals surface area contributed by atoms with Crippen molar-refractivity contribution in [2.75, 3.05) is 0 Å². The van der Waals surface area contributed by atoms with Crippen LogP contribution in [0.2, 0.25) is 0 Å². The minimum absolute atomic E-state index is 0.215. The maximum atomic E-state index is 9.18. The van der Waals surface area contributed by atoms with E-state index >= 15 is 0 Å². The van der Waals surface area contributed by atoms with Gasteiger partial charge in [-0.15, -0.1) is 22.7 Å². The van der Waals surface area contributed by atoms with Gasteiger partial charge in [0.05, 0.1) is 0 Å². The third kappa shape index (κ3) is 4.34. The van der Waals surface area contributed by atoms with E-state index < -0.39 is 0 Å². The van der Waals surface area contributed by atoms with Gasteiger partial charge in [-0.1, -0.05) is 12.2 Å². The number of rotatable bonds is 3. The van der Waals surface area contributed by atoms with Crippen molar-refractivity contribution >= 4 is 33.8 Å². The molecule has 0 radical (unpaired) electrons. The summed E-state index contributed by atoms with van der Waals surface area (Å²) < 4.78 is 0. The van der Waals surface area contributed by atoms with Crippen LogP contribution < -0.4 is 0 Å². The van der Waals surface area contributed by atoms with Gasteiger partial charge in [0.15, 0.2) is 0 Å². The minimum Gasteiger partial charge on any atom is -0.192 e. The topological polar surface area (TPSA) is 95.2 Å². The second kappa shape index (κ2) is 9.64. The molecule has 0 unspecified atom stereocenters. The second-order valence-corrected chi connectivity index (χ2v) is 9.79. The summed E-state index contributed by atoms with van der Waals surface area (Å²) in [5.41, 5.74) is 4.48. The van der Waals surface area contributed by atoms with Gasteiger partial charge in [-0.3, -0.25) is 0 Å². The summed E-state index contributed by atoms with van der Waals surface area (Å²) in [5.74, 6) is 0. The zero-order chi connectivity index (χ0) is 22.5. The highest BCUT2D eigenvalue weighted by Crippen LogP contribution is 2.42. The Balaban J connectivity index is 1.61. The molecule has 2 aromatic rings. The van der Waals surface area contributed by atoms with Crippen LogP contribution in [0.1, 0.15) is 48.3 Å². The summed E-state index contributed by atoms with van der Waals surface area (Å²) in [6.07, 6.45) is 9.38. The van der Waals surface area contributed by atoms with Crippen LogP contribution in [0.15, 0.2) is 58.7 Å². The van der Waals surface area contributed by atoms with E-state index in [0.29, 0.717) is 0 Å². The normalized spacial score (nSPS) is 15.5. The maximum absolute atomic E-state index is 9.18. The fourth-order valence-electron chi connectivity index (χ4n) is 4.05. The Labute approximate surface area is 195 Å². The van der Waals surface area contributed by atoms with Crippen molar-refractivity contribution in [3.63, 3.8) is 0 Å². The smallest absolute Gasteiger partial charge is 0.132 e. The van der Waals surface area contributed by atoms with Crippen molar-refractivity contribution < 1.29 is 0 Å². The number of hydrogen-bond acceptors (Lipinski definition) is 6. The third-order valence-electron chi connectivity index (χ3n) is 5.66. The van der Waals surface area contributed by atoms with Gasteiger partial charge in [0, 0.05) is 19.5 Å². The van der Waals surface area contributed by atoms with Crippen LogP contribution in [-0.2, 0) is 0 Å². The second-order valence-electron chi connectivity index (χ2n) is 7.62. The molecular formula is C26H18N4S2. The molecule has 0 bridgehead atoms. The third-order valence-corrected chi connectivity index (χ3v) is 8.18. The van der Waals surface area contributed by atoms with Gasteiger partial charge in [-0.05, 0) is 85.1 Å². The van der Waals surface area contributed by atoms with Crippen LogP contribution in [0.3, 0.4) is 0 Å². The molecule has 32 heavy (non-hydrogen) atoms. The van der Waals surface area contributed by atoms with Crippen molar-refractivity contribution in [1.82, 2.24) is 0 Å².